The van der Waals surface area contributed by atoms with Crippen LogP contribution in [0.1, 0.15) is 104 Å². The normalized spacial score (nSPS) is 38.2. The molecule has 2 unspecified atom stereocenters. The molecule has 3 saturated carbocycles. The molecule has 8 atom stereocenters. The van der Waals surface area contributed by atoms with Crippen molar-refractivity contribution in [3.63, 3.8) is 0 Å². The summed E-state index contributed by atoms with van der Waals surface area (Å²) in [6, 6.07) is 10.5. The van der Waals surface area contributed by atoms with E-state index in [4.69, 9.17) is 10.2 Å². The van der Waals surface area contributed by atoms with Crippen LogP contribution in [0.3, 0.4) is 0 Å². The van der Waals surface area contributed by atoms with Gasteiger partial charge in [0.1, 0.15) is 0 Å². The highest BCUT2D eigenvalue weighted by atomic mass is 15.5. The van der Waals surface area contributed by atoms with Gasteiger partial charge in [0.15, 0.2) is 0 Å². The van der Waals surface area contributed by atoms with Crippen LogP contribution < -0.4 is 0 Å². The summed E-state index contributed by atoms with van der Waals surface area (Å²) in [6.07, 6.45) is 15.3. The molecule has 3 heteroatoms. The molecule has 196 valence electrons. The predicted molar refractivity (Wildman–Crippen MR) is 148 cm³/mol. The topological polar surface area (TPSA) is 30.7 Å². The molecule has 1 aromatic carbocycles. The maximum atomic E-state index is 5.06. The smallest absolute Gasteiger partial charge is 0.0869 e. The minimum Gasteiger partial charge on any atom is -0.153 e. The molecule has 0 spiro atoms. The maximum Gasteiger partial charge on any atom is 0.0869 e. The van der Waals surface area contributed by atoms with Crippen molar-refractivity contribution in [2.24, 2.45) is 52.3 Å². The summed E-state index contributed by atoms with van der Waals surface area (Å²) >= 11 is 0. The summed E-state index contributed by atoms with van der Waals surface area (Å²) < 4.78 is 0. The van der Waals surface area contributed by atoms with Gasteiger partial charge in [0, 0.05) is 0 Å². The van der Waals surface area contributed by atoms with Crippen molar-refractivity contribution in [1.29, 1.82) is 0 Å². The SMILES string of the molecule is CC(C)CCC[C@@H](C)[C@H]1CCC2[C@@H]3CC[C@H]4Cc5nn(-c6ccccc6)nc5C[C@]4(C)C3CC[C@@]21C. The Kier molecular flexibility index (Phi) is 6.36. The van der Waals surface area contributed by atoms with Gasteiger partial charge < -0.3 is 0 Å². The van der Waals surface area contributed by atoms with Crippen molar-refractivity contribution >= 4 is 0 Å². The van der Waals surface area contributed by atoms with Crippen molar-refractivity contribution in [3.8, 4) is 5.69 Å². The van der Waals surface area contributed by atoms with E-state index in [2.05, 4.69) is 65.0 Å². The van der Waals surface area contributed by atoms with Crippen LogP contribution in [0.15, 0.2) is 30.3 Å². The highest BCUT2D eigenvalue weighted by Gasteiger charge is 2.60. The van der Waals surface area contributed by atoms with Crippen LogP contribution in [-0.2, 0) is 12.8 Å². The molecule has 0 amide bonds. The second-order valence-corrected chi connectivity index (χ2v) is 14.3. The van der Waals surface area contributed by atoms with Crippen LogP contribution in [0.4, 0.5) is 0 Å². The van der Waals surface area contributed by atoms with Crippen LogP contribution in [0, 0.1) is 52.3 Å². The lowest BCUT2D eigenvalue weighted by Crippen LogP contribution is -2.54. The van der Waals surface area contributed by atoms with Crippen LogP contribution in [0.5, 0.6) is 0 Å². The third-order valence-electron chi connectivity index (χ3n) is 12.0. The van der Waals surface area contributed by atoms with Crippen molar-refractivity contribution in [3.05, 3.63) is 41.7 Å². The van der Waals surface area contributed by atoms with Gasteiger partial charge in [-0.05, 0) is 116 Å². The van der Waals surface area contributed by atoms with Gasteiger partial charge in [-0.1, -0.05) is 72.1 Å². The van der Waals surface area contributed by atoms with Crippen LogP contribution in [-0.4, -0.2) is 15.0 Å². The standard InChI is InChI=1S/C33H49N3/c1-22(2)10-9-11-23(3)27-16-17-28-26-15-14-24-20-30-31(35-36(34-30)25-12-7-6-8-13-25)21-33(24,5)29(26)18-19-32(27,28)4/h6-8,12-13,22-24,26-29H,9-11,14-21H2,1-5H3/t23-,24+,26+,27-,28?,29?,32-,33+/m1/s1. The first-order valence-corrected chi connectivity index (χ1v) is 15.3. The van der Waals surface area contributed by atoms with Gasteiger partial charge in [-0.25, -0.2) is 0 Å². The van der Waals surface area contributed by atoms with Crippen molar-refractivity contribution in [2.45, 2.75) is 105 Å². The largest absolute Gasteiger partial charge is 0.153 e. The molecule has 3 fully saturated rings. The third kappa shape index (κ3) is 3.99. The average molecular weight is 488 g/mol. The van der Waals surface area contributed by atoms with E-state index < -0.39 is 0 Å². The first kappa shape index (κ1) is 24.7. The fourth-order valence-corrected chi connectivity index (χ4v) is 10.1. The molecule has 2 aromatic rings. The molecule has 1 heterocycles. The van der Waals surface area contributed by atoms with Crippen LogP contribution >= 0.6 is 0 Å². The first-order chi connectivity index (χ1) is 17.3. The van der Waals surface area contributed by atoms with Gasteiger partial charge in [0.2, 0.25) is 0 Å². The summed E-state index contributed by atoms with van der Waals surface area (Å²) in [7, 11) is 0. The van der Waals surface area contributed by atoms with Gasteiger partial charge in [-0.15, -0.1) is 0 Å². The third-order valence-corrected chi connectivity index (χ3v) is 12.0. The Morgan fingerprint density at radius 2 is 1.61 bits per heavy atom. The Morgan fingerprint density at radius 3 is 2.39 bits per heavy atom. The van der Waals surface area contributed by atoms with Crippen molar-refractivity contribution in [2.75, 3.05) is 0 Å². The fourth-order valence-electron chi connectivity index (χ4n) is 10.1. The zero-order valence-electron chi connectivity index (χ0n) is 23.5. The number of hydrogen-bond acceptors (Lipinski definition) is 2. The second-order valence-electron chi connectivity index (χ2n) is 14.3. The number of rotatable bonds is 6. The molecule has 0 N–H and O–H groups in total. The van der Waals surface area contributed by atoms with E-state index in [9.17, 15) is 0 Å². The number of para-hydroxylation sites is 1. The number of aromatic nitrogens is 3. The van der Waals surface area contributed by atoms with Gasteiger partial charge >= 0.3 is 0 Å². The van der Waals surface area contributed by atoms with E-state index in [-0.39, 0.29) is 0 Å². The summed E-state index contributed by atoms with van der Waals surface area (Å²) in [5.41, 5.74) is 4.63. The molecule has 36 heavy (non-hydrogen) atoms. The van der Waals surface area contributed by atoms with Crippen molar-refractivity contribution in [1.82, 2.24) is 15.0 Å². The summed E-state index contributed by atoms with van der Waals surface area (Å²) in [4.78, 5) is 1.91. The van der Waals surface area contributed by atoms with Gasteiger partial charge in [0.25, 0.3) is 0 Å². The highest BCUT2D eigenvalue weighted by molar-refractivity contribution is 5.30. The lowest BCUT2D eigenvalue weighted by Gasteiger charge is -2.60. The molecule has 0 bridgehead atoms. The molecule has 4 aliphatic carbocycles. The Bertz CT molecular complexity index is 1060. The molecule has 3 nitrogen and oxygen atoms in total. The van der Waals surface area contributed by atoms with Crippen molar-refractivity contribution < 1.29 is 0 Å². The Morgan fingerprint density at radius 1 is 0.861 bits per heavy atom. The molecular formula is C33H49N3. The predicted octanol–water partition coefficient (Wildman–Crippen LogP) is 8.30. The van der Waals surface area contributed by atoms with Gasteiger partial charge in [-0.3, -0.25) is 0 Å². The Labute approximate surface area is 219 Å². The minimum absolute atomic E-state index is 0.399. The second kappa shape index (κ2) is 9.28. The fraction of sp³-hybridized carbons (Fsp3) is 0.758. The number of hydrogen-bond donors (Lipinski definition) is 0. The minimum atomic E-state index is 0.399. The van der Waals surface area contributed by atoms with E-state index in [1.54, 1.807) is 0 Å². The zero-order valence-corrected chi connectivity index (χ0v) is 23.5. The van der Waals surface area contributed by atoms with E-state index >= 15 is 0 Å². The Balaban J connectivity index is 1.20. The van der Waals surface area contributed by atoms with Gasteiger partial charge in [-0.2, -0.15) is 15.0 Å². The molecule has 1 aromatic heterocycles. The van der Waals surface area contributed by atoms with E-state index in [1.165, 1.54) is 69.2 Å². The molecule has 6 rings (SSSR count). The molecule has 0 saturated heterocycles. The van der Waals surface area contributed by atoms with E-state index in [1.807, 2.05) is 4.80 Å². The lowest BCUT2D eigenvalue weighted by atomic mass is 9.44. The number of nitrogens with zero attached hydrogens (tertiary/aromatic N) is 3. The van der Waals surface area contributed by atoms with E-state index in [0.717, 1.165) is 60.0 Å². The summed E-state index contributed by atoms with van der Waals surface area (Å²) in [5, 5.41) is 10.0. The van der Waals surface area contributed by atoms with Crippen LogP contribution in [0.2, 0.25) is 0 Å². The highest BCUT2D eigenvalue weighted by Crippen LogP contribution is 2.67. The van der Waals surface area contributed by atoms with Gasteiger partial charge in [0.05, 0.1) is 17.1 Å². The summed E-state index contributed by atoms with van der Waals surface area (Å²) in [5.74, 6) is 6.23. The number of benzene rings is 1. The molecule has 0 radical (unpaired) electrons. The lowest BCUT2D eigenvalue weighted by molar-refractivity contribution is -0.104. The number of fused-ring (bicyclic) bond motifs is 6. The maximum absolute atomic E-state index is 5.06. The first-order valence-electron chi connectivity index (χ1n) is 15.3. The molecule has 0 aliphatic heterocycles. The quantitative estimate of drug-likeness (QED) is 0.410. The van der Waals surface area contributed by atoms with Crippen LogP contribution in [0.25, 0.3) is 5.69 Å². The summed E-state index contributed by atoms with van der Waals surface area (Å²) in [6.45, 7) is 12.7. The Hall–Kier alpha value is -1.64. The van der Waals surface area contributed by atoms with E-state index in [0.29, 0.717) is 10.8 Å². The monoisotopic (exact) mass is 487 g/mol. The average Bonchev–Trinajstić information content (AvgIpc) is 3.42. The zero-order chi connectivity index (χ0) is 25.1. The molecule has 4 aliphatic rings. The molecular weight excluding hydrogens is 438 g/mol.